The first-order chi connectivity index (χ1) is 14.9. The lowest BCUT2D eigenvalue weighted by Crippen LogP contribution is -2.46. The van der Waals surface area contributed by atoms with Crippen LogP contribution >= 0.6 is 39.5 Å². The standard InChI is InChI=1S/C23H17BrN2O3S2/c24-16-8-6-15(7-9-16)20-11-10-17(31-20)13-18-21(27)26(23(30)25-18)19(22(28)29)12-14-4-2-1-3-5-14/h1-11,13,19H,12H2,(H,25,30)(H,28,29)/b18-13+. The first-order valence-corrected chi connectivity index (χ1v) is 11.4. The number of carbonyl (C=O) groups excluding carboxylic acids is 1. The van der Waals surface area contributed by atoms with Gasteiger partial charge in [0.25, 0.3) is 5.91 Å². The van der Waals surface area contributed by atoms with Gasteiger partial charge in [0.2, 0.25) is 0 Å². The Kier molecular flexibility index (Phi) is 6.31. The highest BCUT2D eigenvalue weighted by Gasteiger charge is 2.39. The number of thiophene rings is 1. The lowest BCUT2D eigenvalue weighted by Gasteiger charge is -2.22. The van der Waals surface area contributed by atoms with Crippen molar-refractivity contribution in [3.63, 3.8) is 0 Å². The van der Waals surface area contributed by atoms with E-state index in [1.54, 1.807) is 6.08 Å². The third-order valence-electron chi connectivity index (χ3n) is 4.82. The van der Waals surface area contributed by atoms with Crippen LogP contribution in [0.15, 0.2) is 76.9 Å². The van der Waals surface area contributed by atoms with E-state index in [1.165, 1.54) is 11.3 Å². The summed E-state index contributed by atoms with van der Waals surface area (Å²) < 4.78 is 1.01. The molecule has 0 saturated carbocycles. The van der Waals surface area contributed by atoms with Crippen LogP contribution in [0.3, 0.4) is 0 Å². The molecule has 4 rings (SSSR count). The van der Waals surface area contributed by atoms with E-state index < -0.39 is 17.9 Å². The lowest BCUT2D eigenvalue weighted by molar-refractivity contribution is -0.145. The summed E-state index contributed by atoms with van der Waals surface area (Å²) in [6, 6.07) is 20.0. The number of carbonyl (C=O) groups is 2. The average molecular weight is 513 g/mol. The molecule has 2 N–H and O–H groups in total. The molecule has 3 aromatic rings. The Hall–Kier alpha value is -2.81. The molecule has 1 fully saturated rings. The monoisotopic (exact) mass is 512 g/mol. The van der Waals surface area contributed by atoms with E-state index in [0.717, 1.165) is 30.3 Å². The van der Waals surface area contributed by atoms with Crippen molar-refractivity contribution in [3.05, 3.63) is 87.3 Å². The van der Waals surface area contributed by atoms with Crippen LogP contribution in [0.1, 0.15) is 10.4 Å². The van der Waals surface area contributed by atoms with Crippen LogP contribution in [0.25, 0.3) is 16.5 Å². The molecule has 1 amide bonds. The largest absolute Gasteiger partial charge is 0.480 e. The maximum atomic E-state index is 13.0. The molecule has 0 aliphatic carbocycles. The van der Waals surface area contributed by atoms with Crippen LogP contribution in [0.2, 0.25) is 0 Å². The number of carboxylic acids is 1. The normalized spacial score (nSPS) is 15.9. The van der Waals surface area contributed by atoms with E-state index in [1.807, 2.05) is 66.7 Å². The van der Waals surface area contributed by atoms with Crippen molar-refractivity contribution < 1.29 is 14.7 Å². The fourth-order valence-electron chi connectivity index (χ4n) is 3.30. The number of nitrogens with one attached hydrogen (secondary N) is 1. The van der Waals surface area contributed by atoms with Gasteiger partial charge in [-0.2, -0.15) is 0 Å². The molecule has 0 spiro atoms. The quantitative estimate of drug-likeness (QED) is 0.362. The Morgan fingerprint density at radius 3 is 2.52 bits per heavy atom. The highest BCUT2D eigenvalue weighted by atomic mass is 79.9. The van der Waals surface area contributed by atoms with Crippen LogP contribution in [0.5, 0.6) is 0 Å². The number of aliphatic carboxylic acids is 1. The predicted molar refractivity (Wildman–Crippen MR) is 130 cm³/mol. The number of rotatable bonds is 6. The van der Waals surface area contributed by atoms with Crippen molar-refractivity contribution in [2.75, 3.05) is 0 Å². The maximum Gasteiger partial charge on any atom is 0.327 e. The number of thiocarbonyl (C=S) groups is 1. The number of nitrogens with zero attached hydrogens (tertiary/aromatic N) is 1. The predicted octanol–water partition coefficient (Wildman–Crippen LogP) is 4.93. The molecule has 1 aliphatic heterocycles. The Morgan fingerprint density at radius 2 is 1.84 bits per heavy atom. The van der Waals surface area contributed by atoms with Crippen LogP contribution in [-0.4, -0.2) is 33.0 Å². The van der Waals surface area contributed by atoms with Crippen molar-refractivity contribution in [1.29, 1.82) is 0 Å². The smallest absolute Gasteiger partial charge is 0.327 e. The first-order valence-electron chi connectivity index (χ1n) is 9.41. The molecular weight excluding hydrogens is 496 g/mol. The van der Waals surface area contributed by atoms with Gasteiger partial charge >= 0.3 is 5.97 Å². The molecule has 1 aromatic heterocycles. The lowest BCUT2D eigenvalue weighted by atomic mass is 10.0. The van der Waals surface area contributed by atoms with Gasteiger partial charge in [-0.05, 0) is 53.7 Å². The highest BCUT2D eigenvalue weighted by Crippen LogP contribution is 2.31. The zero-order chi connectivity index (χ0) is 22.0. The van der Waals surface area contributed by atoms with E-state index in [2.05, 4.69) is 21.2 Å². The first kappa shape index (κ1) is 21.4. The fourth-order valence-corrected chi connectivity index (χ4v) is 4.84. The Bertz CT molecular complexity index is 1170. The summed E-state index contributed by atoms with van der Waals surface area (Å²) in [6.07, 6.45) is 1.88. The number of hydrogen-bond acceptors (Lipinski definition) is 4. The van der Waals surface area contributed by atoms with E-state index in [0.29, 0.717) is 0 Å². The summed E-state index contributed by atoms with van der Waals surface area (Å²) in [5.74, 6) is -1.54. The molecule has 31 heavy (non-hydrogen) atoms. The second-order valence-electron chi connectivity index (χ2n) is 6.92. The van der Waals surface area contributed by atoms with Gasteiger partial charge in [0.05, 0.1) is 0 Å². The third-order valence-corrected chi connectivity index (χ3v) is 6.73. The summed E-state index contributed by atoms with van der Waals surface area (Å²) in [7, 11) is 0. The molecule has 1 atom stereocenters. The summed E-state index contributed by atoms with van der Waals surface area (Å²) >= 11 is 10.3. The number of benzene rings is 2. The van der Waals surface area contributed by atoms with E-state index in [9.17, 15) is 14.7 Å². The second kappa shape index (κ2) is 9.13. The molecule has 2 aromatic carbocycles. The minimum atomic E-state index is -1.10. The van der Waals surface area contributed by atoms with Gasteiger partial charge < -0.3 is 10.4 Å². The maximum absolute atomic E-state index is 13.0. The SMILES string of the molecule is O=C(O)C(Cc1ccccc1)N1C(=O)/C(=C\c2ccc(-c3ccc(Br)cc3)s2)NC1=S. The number of hydrogen-bond donors (Lipinski definition) is 2. The second-order valence-corrected chi connectivity index (χ2v) is 9.33. The molecule has 0 radical (unpaired) electrons. The topological polar surface area (TPSA) is 69.6 Å². The molecule has 2 heterocycles. The van der Waals surface area contributed by atoms with Gasteiger partial charge in [0.15, 0.2) is 5.11 Å². The van der Waals surface area contributed by atoms with Crippen molar-refractivity contribution >= 4 is 62.5 Å². The molecule has 1 unspecified atom stereocenters. The summed E-state index contributed by atoms with van der Waals surface area (Å²) in [5.41, 5.74) is 2.17. The van der Waals surface area contributed by atoms with E-state index in [4.69, 9.17) is 12.2 Å². The average Bonchev–Trinajstić information content (AvgIpc) is 3.32. The molecule has 8 heteroatoms. The molecule has 156 valence electrons. The van der Waals surface area contributed by atoms with Gasteiger partial charge in [-0.1, -0.05) is 58.4 Å². The molecule has 1 aliphatic rings. The van der Waals surface area contributed by atoms with Crippen LogP contribution in [-0.2, 0) is 16.0 Å². The van der Waals surface area contributed by atoms with Crippen molar-refractivity contribution in [1.82, 2.24) is 10.2 Å². The summed E-state index contributed by atoms with van der Waals surface area (Å²) in [6.45, 7) is 0. The van der Waals surface area contributed by atoms with E-state index >= 15 is 0 Å². The zero-order valence-electron chi connectivity index (χ0n) is 16.1. The Labute approximate surface area is 197 Å². The minimum absolute atomic E-state index is 0.101. The number of carboxylic acid groups (broad SMARTS) is 1. The van der Waals surface area contributed by atoms with Gasteiger partial charge in [-0.15, -0.1) is 11.3 Å². The number of amides is 1. The highest BCUT2D eigenvalue weighted by molar-refractivity contribution is 9.10. The van der Waals surface area contributed by atoms with Gasteiger partial charge in [0, 0.05) is 20.6 Å². The van der Waals surface area contributed by atoms with Gasteiger partial charge in [-0.25, -0.2) is 4.79 Å². The molecular formula is C23H17BrN2O3S2. The van der Waals surface area contributed by atoms with E-state index in [-0.39, 0.29) is 17.2 Å². The fraction of sp³-hybridized carbons (Fsp3) is 0.0870. The zero-order valence-corrected chi connectivity index (χ0v) is 19.3. The van der Waals surface area contributed by atoms with Gasteiger partial charge in [-0.3, -0.25) is 9.69 Å². The van der Waals surface area contributed by atoms with Crippen molar-refractivity contribution in [2.24, 2.45) is 0 Å². The minimum Gasteiger partial charge on any atom is -0.480 e. The Morgan fingerprint density at radius 1 is 1.13 bits per heavy atom. The summed E-state index contributed by atoms with van der Waals surface area (Å²) in [5, 5.41) is 12.7. The van der Waals surface area contributed by atoms with Crippen LogP contribution in [0.4, 0.5) is 0 Å². The molecule has 5 nitrogen and oxygen atoms in total. The van der Waals surface area contributed by atoms with Crippen LogP contribution in [0, 0.1) is 0 Å². The van der Waals surface area contributed by atoms with Crippen LogP contribution < -0.4 is 5.32 Å². The summed E-state index contributed by atoms with van der Waals surface area (Å²) in [4.78, 5) is 28.0. The third kappa shape index (κ3) is 4.76. The molecule has 0 bridgehead atoms. The Balaban J connectivity index is 1.56. The van der Waals surface area contributed by atoms with Crippen molar-refractivity contribution in [2.45, 2.75) is 12.5 Å². The number of halogens is 1. The van der Waals surface area contributed by atoms with Gasteiger partial charge in [0.1, 0.15) is 11.7 Å². The molecule has 1 saturated heterocycles. The van der Waals surface area contributed by atoms with Crippen molar-refractivity contribution in [3.8, 4) is 10.4 Å².